The molecular formula is C13H17N3. The van der Waals surface area contributed by atoms with E-state index in [1.165, 1.54) is 5.56 Å². The van der Waals surface area contributed by atoms with Crippen molar-refractivity contribution in [3.8, 4) is 0 Å². The zero-order chi connectivity index (χ0) is 11.4. The maximum atomic E-state index is 5.76. The molecule has 0 atom stereocenters. The summed E-state index contributed by atoms with van der Waals surface area (Å²) >= 11 is 0. The third kappa shape index (κ3) is 2.57. The van der Waals surface area contributed by atoms with E-state index in [-0.39, 0.29) is 0 Å². The van der Waals surface area contributed by atoms with Gasteiger partial charge < -0.3 is 15.6 Å². The van der Waals surface area contributed by atoms with Crippen LogP contribution in [-0.2, 0) is 6.42 Å². The van der Waals surface area contributed by atoms with E-state index >= 15 is 0 Å². The highest BCUT2D eigenvalue weighted by molar-refractivity contribution is 5.55. The van der Waals surface area contributed by atoms with Gasteiger partial charge in [0.15, 0.2) is 0 Å². The molecule has 1 aromatic heterocycles. The first-order valence-electron chi connectivity index (χ1n) is 5.44. The summed E-state index contributed by atoms with van der Waals surface area (Å²) in [6.45, 7) is 0.987. The molecule has 0 spiro atoms. The van der Waals surface area contributed by atoms with Crippen LogP contribution >= 0.6 is 0 Å². The van der Waals surface area contributed by atoms with Crippen LogP contribution in [0.3, 0.4) is 0 Å². The quantitative estimate of drug-likeness (QED) is 0.768. The van der Waals surface area contributed by atoms with E-state index in [9.17, 15) is 0 Å². The molecule has 2 rings (SSSR count). The molecule has 2 aromatic rings. The van der Waals surface area contributed by atoms with Crippen LogP contribution in [0.25, 0.3) is 0 Å². The van der Waals surface area contributed by atoms with Crippen LogP contribution in [0.4, 0.5) is 11.4 Å². The van der Waals surface area contributed by atoms with E-state index in [0.29, 0.717) is 0 Å². The second-order valence-electron chi connectivity index (χ2n) is 3.99. The van der Waals surface area contributed by atoms with Gasteiger partial charge in [0.25, 0.3) is 0 Å². The number of hydrogen-bond donors (Lipinski definition) is 2. The highest BCUT2D eigenvalue weighted by Crippen LogP contribution is 2.16. The smallest absolute Gasteiger partial charge is 0.0384 e. The maximum absolute atomic E-state index is 5.76. The summed E-state index contributed by atoms with van der Waals surface area (Å²) in [7, 11) is 2.08. The van der Waals surface area contributed by atoms with Crippen molar-refractivity contribution in [2.75, 3.05) is 24.2 Å². The number of rotatable bonds is 4. The van der Waals surface area contributed by atoms with Crippen molar-refractivity contribution in [3.05, 3.63) is 48.3 Å². The van der Waals surface area contributed by atoms with Gasteiger partial charge in [0.1, 0.15) is 0 Å². The van der Waals surface area contributed by atoms with Gasteiger partial charge in [-0.15, -0.1) is 0 Å². The van der Waals surface area contributed by atoms with Gasteiger partial charge in [0.2, 0.25) is 0 Å². The molecule has 1 aromatic carbocycles. The van der Waals surface area contributed by atoms with Gasteiger partial charge in [-0.25, -0.2) is 0 Å². The Morgan fingerprint density at radius 2 is 2.19 bits per heavy atom. The number of anilines is 2. The Kier molecular flexibility index (Phi) is 3.15. The average molecular weight is 215 g/mol. The SMILES string of the molecule is CN(CCc1cc[nH]c1)c1cccc(N)c1. The molecule has 0 saturated heterocycles. The molecule has 1 heterocycles. The van der Waals surface area contributed by atoms with Gasteiger partial charge in [0.05, 0.1) is 0 Å². The number of nitrogens with zero attached hydrogens (tertiary/aromatic N) is 1. The molecule has 0 unspecified atom stereocenters. The first-order valence-corrected chi connectivity index (χ1v) is 5.44. The number of nitrogen functional groups attached to an aromatic ring is 1. The van der Waals surface area contributed by atoms with E-state index in [1.54, 1.807) is 0 Å². The fourth-order valence-electron chi connectivity index (χ4n) is 1.70. The zero-order valence-corrected chi connectivity index (χ0v) is 9.48. The average Bonchev–Trinajstić information content (AvgIpc) is 2.78. The van der Waals surface area contributed by atoms with Crippen LogP contribution in [0.5, 0.6) is 0 Å². The lowest BCUT2D eigenvalue weighted by molar-refractivity contribution is 0.878. The van der Waals surface area contributed by atoms with Crippen molar-refractivity contribution < 1.29 is 0 Å². The lowest BCUT2D eigenvalue weighted by Gasteiger charge is -2.19. The number of benzene rings is 1. The molecule has 3 nitrogen and oxygen atoms in total. The Balaban J connectivity index is 1.95. The maximum Gasteiger partial charge on any atom is 0.0384 e. The Bertz CT molecular complexity index is 434. The molecule has 3 N–H and O–H groups in total. The summed E-state index contributed by atoms with van der Waals surface area (Å²) in [6.07, 6.45) is 5.03. The Hall–Kier alpha value is -1.90. The third-order valence-corrected chi connectivity index (χ3v) is 2.71. The monoisotopic (exact) mass is 215 g/mol. The molecule has 84 valence electrons. The van der Waals surface area contributed by atoms with Crippen LogP contribution in [0.1, 0.15) is 5.56 Å². The van der Waals surface area contributed by atoms with Crippen molar-refractivity contribution in [1.82, 2.24) is 4.98 Å². The van der Waals surface area contributed by atoms with Crippen molar-refractivity contribution in [2.45, 2.75) is 6.42 Å². The lowest BCUT2D eigenvalue weighted by atomic mass is 10.2. The van der Waals surface area contributed by atoms with Crippen LogP contribution in [0.15, 0.2) is 42.7 Å². The van der Waals surface area contributed by atoms with Crippen LogP contribution in [0, 0.1) is 0 Å². The highest BCUT2D eigenvalue weighted by Gasteiger charge is 2.01. The van der Waals surface area contributed by atoms with Gasteiger partial charge in [0, 0.05) is 37.4 Å². The van der Waals surface area contributed by atoms with Gasteiger partial charge in [-0.3, -0.25) is 0 Å². The molecule has 0 aliphatic heterocycles. The minimum absolute atomic E-state index is 0.811. The Morgan fingerprint density at radius 3 is 2.88 bits per heavy atom. The number of H-pyrrole nitrogens is 1. The van der Waals surface area contributed by atoms with Crippen molar-refractivity contribution in [1.29, 1.82) is 0 Å². The highest BCUT2D eigenvalue weighted by atomic mass is 15.1. The number of hydrogen-bond acceptors (Lipinski definition) is 2. The van der Waals surface area contributed by atoms with Crippen molar-refractivity contribution in [3.63, 3.8) is 0 Å². The number of aromatic amines is 1. The zero-order valence-electron chi connectivity index (χ0n) is 9.48. The predicted octanol–water partition coefficient (Wildman–Crippen LogP) is 2.28. The molecule has 0 aliphatic carbocycles. The molecule has 3 heteroatoms. The number of likely N-dealkylation sites (N-methyl/N-ethyl adjacent to an activating group) is 1. The Labute approximate surface area is 95.9 Å². The molecular weight excluding hydrogens is 198 g/mol. The molecule has 0 bridgehead atoms. The minimum atomic E-state index is 0.811. The van der Waals surface area contributed by atoms with Gasteiger partial charge >= 0.3 is 0 Å². The van der Waals surface area contributed by atoms with Gasteiger partial charge in [-0.1, -0.05) is 6.07 Å². The summed E-state index contributed by atoms with van der Waals surface area (Å²) in [5.41, 5.74) is 9.06. The van der Waals surface area contributed by atoms with Gasteiger partial charge in [-0.2, -0.15) is 0 Å². The summed E-state index contributed by atoms with van der Waals surface area (Å²) in [5, 5.41) is 0. The first kappa shape index (κ1) is 10.6. The molecule has 0 amide bonds. The standard InChI is InChI=1S/C13H17N3/c1-16(8-6-11-5-7-15-10-11)13-4-2-3-12(14)9-13/h2-5,7,9-10,15H,6,8,14H2,1H3. The summed E-state index contributed by atoms with van der Waals surface area (Å²) in [5.74, 6) is 0. The molecule has 16 heavy (non-hydrogen) atoms. The van der Waals surface area contributed by atoms with E-state index in [2.05, 4.69) is 29.1 Å². The molecule has 0 fully saturated rings. The summed E-state index contributed by atoms with van der Waals surface area (Å²) < 4.78 is 0. The normalized spacial score (nSPS) is 10.3. The minimum Gasteiger partial charge on any atom is -0.399 e. The van der Waals surface area contributed by atoms with Crippen LogP contribution < -0.4 is 10.6 Å². The molecule has 0 aliphatic rings. The summed E-state index contributed by atoms with van der Waals surface area (Å²) in [6, 6.07) is 10.1. The van der Waals surface area contributed by atoms with E-state index in [0.717, 1.165) is 24.3 Å². The van der Waals surface area contributed by atoms with Crippen LogP contribution in [0.2, 0.25) is 0 Å². The second-order valence-corrected chi connectivity index (χ2v) is 3.99. The lowest BCUT2D eigenvalue weighted by Crippen LogP contribution is -2.20. The Morgan fingerprint density at radius 1 is 1.31 bits per heavy atom. The second kappa shape index (κ2) is 4.75. The van der Waals surface area contributed by atoms with Crippen molar-refractivity contribution in [2.24, 2.45) is 0 Å². The van der Waals surface area contributed by atoms with E-state index < -0.39 is 0 Å². The van der Waals surface area contributed by atoms with Gasteiger partial charge in [-0.05, 0) is 36.2 Å². The fraction of sp³-hybridized carbons (Fsp3) is 0.231. The van der Waals surface area contributed by atoms with Crippen molar-refractivity contribution >= 4 is 11.4 Å². The third-order valence-electron chi connectivity index (χ3n) is 2.71. The number of nitrogens with one attached hydrogen (secondary N) is 1. The van der Waals surface area contributed by atoms with E-state index in [4.69, 9.17) is 5.73 Å². The summed E-state index contributed by atoms with van der Waals surface area (Å²) in [4.78, 5) is 5.28. The van der Waals surface area contributed by atoms with E-state index in [1.807, 2.05) is 30.6 Å². The first-order chi connectivity index (χ1) is 7.75. The largest absolute Gasteiger partial charge is 0.399 e. The fourth-order valence-corrected chi connectivity index (χ4v) is 1.70. The molecule has 0 radical (unpaired) electrons. The number of aromatic nitrogens is 1. The predicted molar refractivity (Wildman–Crippen MR) is 68.6 cm³/mol. The number of nitrogens with two attached hydrogens (primary N) is 1. The topological polar surface area (TPSA) is 45.0 Å². The molecule has 0 saturated carbocycles. The van der Waals surface area contributed by atoms with Crippen LogP contribution in [-0.4, -0.2) is 18.6 Å².